The Balaban J connectivity index is 2.21. The molecule has 0 aromatic heterocycles. The first-order valence-electron chi connectivity index (χ1n) is 7.98. The average Bonchev–Trinajstić information content (AvgIpc) is 2.59. The van der Waals surface area contributed by atoms with Crippen molar-refractivity contribution in [2.24, 2.45) is 0 Å². The standard InChI is InChI=1S/C18H21FN2O3S/c1-3-4-11-21(2)25(23,24)17-10-5-7-14(12-17)18(22)20-16-9-6-8-15(19)13-16/h5-10,12-13H,3-4,11H2,1-2H3,(H,20,22). The van der Waals surface area contributed by atoms with Gasteiger partial charge in [-0.15, -0.1) is 0 Å². The molecule has 134 valence electrons. The lowest BCUT2D eigenvalue weighted by atomic mass is 10.2. The van der Waals surface area contributed by atoms with Crippen LogP contribution in [0.25, 0.3) is 0 Å². The average molecular weight is 364 g/mol. The van der Waals surface area contributed by atoms with Gasteiger partial charge in [0.1, 0.15) is 5.82 Å². The van der Waals surface area contributed by atoms with Crippen molar-refractivity contribution in [2.45, 2.75) is 24.7 Å². The first-order valence-corrected chi connectivity index (χ1v) is 9.42. The Labute approximate surface area is 147 Å². The number of benzene rings is 2. The highest BCUT2D eigenvalue weighted by Gasteiger charge is 2.21. The fourth-order valence-corrected chi connectivity index (χ4v) is 3.50. The van der Waals surface area contributed by atoms with Gasteiger partial charge in [0.25, 0.3) is 5.91 Å². The van der Waals surface area contributed by atoms with Crippen molar-refractivity contribution in [3.8, 4) is 0 Å². The zero-order valence-corrected chi connectivity index (χ0v) is 15.0. The first-order chi connectivity index (χ1) is 11.8. The van der Waals surface area contributed by atoms with Crippen LogP contribution in [0.5, 0.6) is 0 Å². The minimum absolute atomic E-state index is 0.0537. The molecule has 0 aliphatic carbocycles. The molecule has 0 saturated carbocycles. The summed E-state index contributed by atoms with van der Waals surface area (Å²) in [7, 11) is -2.14. The second-order valence-electron chi connectivity index (χ2n) is 5.67. The van der Waals surface area contributed by atoms with Gasteiger partial charge in [-0.2, -0.15) is 0 Å². The Morgan fingerprint density at radius 2 is 1.88 bits per heavy atom. The monoisotopic (exact) mass is 364 g/mol. The van der Waals surface area contributed by atoms with Crippen LogP contribution in [-0.2, 0) is 10.0 Å². The molecule has 0 aliphatic heterocycles. The van der Waals surface area contributed by atoms with Crippen LogP contribution in [0.2, 0.25) is 0 Å². The van der Waals surface area contributed by atoms with Gasteiger partial charge < -0.3 is 5.32 Å². The number of nitrogens with one attached hydrogen (secondary N) is 1. The molecule has 2 rings (SSSR count). The number of anilines is 1. The predicted octanol–water partition coefficient (Wildman–Crippen LogP) is 3.50. The Morgan fingerprint density at radius 1 is 1.16 bits per heavy atom. The Bertz CT molecular complexity index is 853. The van der Waals surface area contributed by atoms with E-state index in [9.17, 15) is 17.6 Å². The highest BCUT2D eigenvalue weighted by Crippen LogP contribution is 2.18. The van der Waals surface area contributed by atoms with Gasteiger partial charge in [-0.25, -0.2) is 17.1 Å². The van der Waals surface area contributed by atoms with Gasteiger partial charge in [-0.3, -0.25) is 4.79 Å². The van der Waals surface area contributed by atoms with E-state index in [-0.39, 0.29) is 10.5 Å². The molecule has 0 atom stereocenters. The van der Waals surface area contributed by atoms with E-state index in [0.717, 1.165) is 12.8 Å². The molecule has 7 heteroatoms. The van der Waals surface area contributed by atoms with Crippen molar-refractivity contribution in [1.29, 1.82) is 0 Å². The minimum Gasteiger partial charge on any atom is -0.322 e. The first kappa shape index (κ1) is 19.1. The van der Waals surface area contributed by atoms with E-state index < -0.39 is 21.7 Å². The van der Waals surface area contributed by atoms with Gasteiger partial charge in [0.15, 0.2) is 0 Å². The zero-order chi connectivity index (χ0) is 18.4. The molecular weight excluding hydrogens is 343 g/mol. The number of unbranched alkanes of at least 4 members (excludes halogenated alkanes) is 1. The molecule has 2 aromatic rings. The molecule has 2 aromatic carbocycles. The number of carbonyl (C=O) groups is 1. The molecule has 25 heavy (non-hydrogen) atoms. The fourth-order valence-electron chi connectivity index (χ4n) is 2.25. The molecular formula is C18H21FN2O3S. The summed E-state index contributed by atoms with van der Waals surface area (Å²) in [4.78, 5) is 12.4. The van der Waals surface area contributed by atoms with Crippen LogP contribution in [0.15, 0.2) is 53.4 Å². The second kappa shape index (κ2) is 8.22. The van der Waals surface area contributed by atoms with E-state index in [4.69, 9.17) is 0 Å². The molecule has 0 bridgehead atoms. The van der Waals surface area contributed by atoms with Crippen LogP contribution in [0.3, 0.4) is 0 Å². The summed E-state index contributed by atoms with van der Waals surface area (Å²) in [6.45, 7) is 2.40. The lowest BCUT2D eigenvalue weighted by Crippen LogP contribution is -2.28. The molecule has 0 fully saturated rings. The smallest absolute Gasteiger partial charge is 0.255 e. The van der Waals surface area contributed by atoms with Gasteiger partial charge in [0.05, 0.1) is 4.90 Å². The number of halogens is 1. The summed E-state index contributed by atoms with van der Waals surface area (Å²) in [5.41, 5.74) is 0.493. The maximum Gasteiger partial charge on any atom is 0.255 e. The van der Waals surface area contributed by atoms with Crippen LogP contribution in [-0.4, -0.2) is 32.2 Å². The summed E-state index contributed by atoms with van der Waals surface area (Å²) in [6, 6.07) is 11.3. The number of sulfonamides is 1. The lowest BCUT2D eigenvalue weighted by molar-refractivity contribution is 0.102. The summed E-state index contributed by atoms with van der Waals surface area (Å²) in [6.07, 6.45) is 1.64. The van der Waals surface area contributed by atoms with E-state index in [1.165, 1.54) is 53.8 Å². The van der Waals surface area contributed by atoms with Gasteiger partial charge in [-0.1, -0.05) is 25.5 Å². The molecule has 0 spiro atoms. The molecule has 0 saturated heterocycles. The number of hydrogen-bond acceptors (Lipinski definition) is 3. The molecule has 1 N–H and O–H groups in total. The van der Waals surface area contributed by atoms with Crippen LogP contribution >= 0.6 is 0 Å². The van der Waals surface area contributed by atoms with Crippen LogP contribution < -0.4 is 5.32 Å². The van der Waals surface area contributed by atoms with Gasteiger partial charge >= 0.3 is 0 Å². The maximum absolute atomic E-state index is 13.2. The summed E-state index contributed by atoms with van der Waals surface area (Å²) < 4.78 is 39.6. The maximum atomic E-state index is 13.2. The number of hydrogen-bond donors (Lipinski definition) is 1. The lowest BCUT2D eigenvalue weighted by Gasteiger charge is -2.17. The van der Waals surface area contributed by atoms with Crippen LogP contribution in [0, 0.1) is 5.82 Å². The second-order valence-corrected chi connectivity index (χ2v) is 7.72. The highest BCUT2D eigenvalue weighted by atomic mass is 32.2. The highest BCUT2D eigenvalue weighted by molar-refractivity contribution is 7.89. The molecule has 0 aliphatic rings. The van der Waals surface area contributed by atoms with Crippen molar-refractivity contribution in [2.75, 3.05) is 18.9 Å². The quantitative estimate of drug-likeness (QED) is 0.818. The topological polar surface area (TPSA) is 66.5 Å². The number of carbonyl (C=O) groups excluding carboxylic acids is 1. The van der Waals surface area contributed by atoms with E-state index in [2.05, 4.69) is 5.32 Å². The van der Waals surface area contributed by atoms with Gasteiger partial charge in [0.2, 0.25) is 10.0 Å². The van der Waals surface area contributed by atoms with Crippen molar-refractivity contribution < 1.29 is 17.6 Å². The van der Waals surface area contributed by atoms with Crippen molar-refractivity contribution in [1.82, 2.24) is 4.31 Å². The Morgan fingerprint density at radius 3 is 2.56 bits per heavy atom. The minimum atomic E-state index is -3.65. The van der Waals surface area contributed by atoms with Crippen LogP contribution in [0.1, 0.15) is 30.1 Å². The molecule has 0 heterocycles. The zero-order valence-electron chi connectivity index (χ0n) is 14.2. The molecule has 0 radical (unpaired) electrons. The Hall–Kier alpha value is -2.25. The van der Waals surface area contributed by atoms with Crippen molar-refractivity contribution >= 4 is 21.6 Å². The fraction of sp³-hybridized carbons (Fsp3) is 0.278. The summed E-state index contributed by atoms with van der Waals surface area (Å²) >= 11 is 0. The number of amides is 1. The third kappa shape index (κ3) is 4.87. The summed E-state index contributed by atoms with van der Waals surface area (Å²) in [5.74, 6) is -0.967. The van der Waals surface area contributed by atoms with Gasteiger partial charge in [0, 0.05) is 24.8 Å². The predicted molar refractivity (Wildman–Crippen MR) is 95.5 cm³/mol. The van der Waals surface area contributed by atoms with Crippen molar-refractivity contribution in [3.63, 3.8) is 0 Å². The third-order valence-electron chi connectivity index (χ3n) is 3.71. The van der Waals surface area contributed by atoms with E-state index in [1.54, 1.807) is 6.07 Å². The van der Waals surface area contributed by atoms with Gasteiger partial charge in [-0.05, 0) is 42.8 Å². The van der Waals surface area contributed by atoms with Crippen LogP contribution in [0.4, 0.5) is 10.1 Å². The van der Waals surface area contributed by atoms with Crippen molar-refractivity contribution in [3.05, 3.63) is 59.9 Å². The molecule has 5 nitrogen and oxygen atoms in total. The number of nitrogens with zero attached hydrogens (tertiary/aromatic N) is 1. The van der Waals surface area contributed by atoms with E-state index in [1.807, 2.05) is 6.92 Å². The normalized spacial score (nSPS) is 11.5. The SMILES string of the molecule is CCCCN(C)S(=O)(=O)c1cccc(C(=O)Nc2cccc(F)c2)c1. The molecule has 1 amide bonds. The van der Waals surface area contributed by atoms with E-state index >= 15 is 0 Å². The molecule has 0 unspecified atom stereocenters. The third-order valence-corrected chi connectivity index (χ3v) is 5.57. The van der Waals surface area contributed by atoms with E-state index in [0.29, 0.717) is 12.2 Å². The Kier molecular flexibility index (Phi) is 6.27. The summed E-state index contributed by atoms with van der Waals surface area (Å²) in [5, 5.41) is 2.55. The largest absolute Gasteiger partial charge is 0.322 e. The number of rotatable bonds is 7.